The summed E-state index contributed by atoms with van der Waals surface area (Å²) in [5.74, 6) is 0. The highest BCUT2D eigenvalue weighted by Crippen LogP contribution is 2.11. The minimum atomic E-state index is -3.09. The number of nitrogens with one attached hydrogen (secondary N) is 1. The maximum absolute atomic E-state index is 11.3. The SMILES string of the molecule is CN[C@@H](Cc1cccs1)CN(C)S(C)(=O)=O. The van der Waals surface area contributed by atoms with Crippen molar-refractivity contribution >= 4 is 21.4 Å². The van der Waals surface area contributed by atoms with Crippen LogP contribution in [0.4, 0.5) is 0 Å². The Hall–Kier alpha value is -0.430. The Bertz CT molecular complexity index is 400. The standard InChI is InChI=1S/C10H18N2O2S2/c1-11-9(7-10-5-4-6-15-10)8-12(2)16(3,13)14/h4-6,9,11H,7-8H2,1-3H3/t9-/m0/s1. The van der Waals surface area contributed by atoms with E-state index < -0.39 is 10.0 Å². The quantitative estimate of drug-likeness (QED) is 0.824. The number of hydrogen-bond acceptors (Lipinski definition) is 4. The fraction of sp³-hybridized carbons (Fsp3) is 0.600. The van der Waals surface area contributed by atoms with Gasteiger partial charge in [-0.05, 0) is 24.9 Å². The molecular formula is C10H18N2O2S2. The fourth-order valence-corrected chi connectivity index (χ4v) is 2.61. The second kappa shape index (κ2) is 5.77. The van der Waals surface area contributed by atoms with Crippen molar-refractivity contribution in [3.8, 4) is 0 Å². The summed E-state index contributed by atoms with van der Waals surface area (Å²) in [6.07, 6.45) is 2.08. The highest BCUT2D eigenvalue weighted by atomic mass is 32.2. The monoisotopic (exact) mass is 262 g/mol. The van der Waals surface area contributed by atoms with Crippen molar-refractivity contribution < 1.29 is 8.42 Å². The second-order valence-corrected chi connectivity index (χ2v) is 6.93. The van der Waals surface area contributed by atoms with Crippen LogP contribution >= 0.6 is 11.3 Å². The topological polar surface area (TPSA) is 49.4 Å². The summed E-state index contributed by atoms with van der Waals surface area (Å²) in [5, 5.41) is 5.17. The average molecular weight is 262 g/mol. The van der Waals surface area contributed by atoms with Gasteiger partial charge in [0, 0.05) is 24.5 Å². The maximum atomic E-state index is 11.3. The van der Waals surface area contributed by atoms with Gasteiger partial charge in [0.05, 0.1) is 6.26 Å². The molecule has 0 fully saturated rings. The Morgan fingerprint density at radius 1 is 1.56 bits per heavy atom. The molecule has 0 spiro atoms. The Morgan fingerprint density at radius 2 is 2.25 bits per heavy atom. The van der Waals surface area contributed by atoms with Gasteiger partial charge in [-0.2, -0.15) is 0 Å². The normalized spacial score (nSPS) is 14.2. The molecule has 1 rings (SSSR count). The van der Waals surface area contributed by atoms with Crippen molar-refractivity contribution in [2.24, 2.45) is 0 Å². The van der Waals surface area contributed by atoms with E-state index in [1.165, 1.54) is 15.4 Å². The van der Waals surface area contributed by atoms with Crippen molar-refractivity contribution in [3.63, 3.8) is 0 Å². The molecule has 0 saturated carbocycles. The van der Waals surface area contributed by atoms with Gasteiger partial charge in [-0.1, -0.05) is 6.07 Å². The third-order valence-electron chi connectivity index (χ3n) is 2.48. The zero-order chi connectivity index (χ0) is 12.2. The van der Waals surface area contributed by atoms with Crippen LogP contribution in [0.1, 0.15) is 4.88 Å². The van der Waals surface area contributed by atoms with Crippen LogP contribution in [0.2, 0.25) is 0 Å². The fourth-order valence-electron chi connectivity index (χ4n) is 1.38. The highest BCUT2D eigenvalue weighted by Gasteiger charge is 2.16. The summed E-state index contributed by atoms with van der Waals surface area (Å²) in [7, 11) is 0.371. The maximum Gasteiger partial charge on any atom is 0.211 e. The van der Waals surface area contributed by atoms with E-state index in [9.17, 15) is 8.42 Å². The van der Waals surface area contributed by atoms with Crippen LogP contribution < -0.4 is 5.32 Å². The van der Waals surface area contributed by atoms with E-state index >= 15 is 0 Å². The van der Waals surface area contributed by atoms with Crippen LogP contribution in [0.25, 0.3) is 0 Å². The first-order chi connectivity index (χ1) is 7.43. The molecule has 16 heavy (non-hydrogen) atoms. The zero-order valence-corrected chi connectivity index (χ0v) is 11.4. The van der Waals surface area contributed by atoms with Crippen LogP contribution in [0.5, 0.6) is 0 Å². The van der Waals surface area contributed by atoms with E-state index in [-0.39, 0.29) is 6.04 Å². The van der Waals surface area contributed by atoms with Gasteiger partial charge in [0.25, 0.3) is 0 Å². The Kier molecular flexibility index (Phi) is 4.91. The number of nitrogens with zero attached hydrogens (tertiary/aromatic N) is 1. The van der Waals surface area contributed by atoms with Gasteiger partial charge in [0.1, 0.15) is 0 Å². The van der Waals surface area contributed by atoms with Crippen LogP contribution in [-0.4, -0.2) is 45.7 Å². The highest BCUT2D eigenvalue weighted by molar-refractivity contribution is 7.88. The van der Waals surface area contributed by atoms with Gasteiger partial charge in [0.15, 0.2) is 0 Å². The Labute approximate surface area is 101 Å². The number of sulfonamides is 1. The molecule has 1 heterocycles. The molecule has 0 saturated heterocycles. The van der Waals surface area contributed by atoms with Gasteiger partial charge in [-0.25, -0.2) is 12.7 Å². The number of likely N-dealkylation sites (N-methyl/N-ethyl adjacent to an activating group) is 2. The van der Waals surface area contributed by atoms with Gasteiger partial charge >= 0.3 is 0 Å². The van der Waals surface area contributed by atoms with Crippen LogP contribution in [0.3, 0.4) is 0 Å². The van der Waals surface area contributed by atoms with Crippen LogP contribution in [0, 0.1) is 0 Å². The molecule has 92 valence electrons. The molecule has 0 unspecified atom stereocenters. The third kappa shape index (κ3) is 4.21. The average Bonchev–Trinajstić information content (AvgIpc) is 2.67. The predicted molar refractivity (Wildman–Crippen MR) is 68.3 cm³/mol. The van der Waals surface area contributed by atoms with E-state index in [2.05, 4.69) is 11.4 Å². The lowest BCUT2D eigenvalue weighted by Crippen LogP contribution is -2.41. The predicted octanol–water partition coefficient (Wildman–Crippen LogP) is 0.770. The molecule has 0 aliphatic carbocycles. The van der Waals surface area contributed by atoms with Crippen molar-refractivity contribution in [3.05, 3.63) is 22.4 Å². The molecule has 4 nitrogen and oxygen atoms in total. The lowest BCUT2D eigenvalue weighted by Gasteiger charge is -2.21. The van der Waals surface area contributed by atoms with E-state index in [4.69, 9.17) is 0 Å². The summed E-state index contributed by atoms with van der Waals surface area (Å²) >= 11 is 1.69. The molecule has 0 aliphatic heterocycles. The smallest absolute Gasteiger partial charge is 0.211 e. The number of hydrogen-bond donors (Lipinski definition) is 1. The van der Waals surface area contributed by atoms with E-state index in [0.29, 0.717) is 6.54 Å². The molecule has 1 atom stereocenters. The van der Waals surface area contributed by atoms with Crippen molar-refractivity contribution in [1.82, 2.24) is 9.62 Å². The molecular weight excluding hydrogens is 244 g/mol. The molecule has 0 aliphatic rings. The molecule has 1 N–H and O–H groups in total. The molecule has 0 bridgehead atoms. The van der Waals surface area contributed by atoms with Gasteiger partial charge in [-0.15, -0.1) is 11.3 Å². The Morgan fingerprint density at radius 3 is 2.69 bits per heavy atom. The summed E-state index contributed by atoms with van der Waals surface area (Å²) in [6.45, 7) is 0.493. The lowest BCUT2D eigenvalue weighted by molar-refractivity contribution is 0.408. The zero-order valence-electron chi connectivity index (χ0n) is 9.80. The first-order valence-electron chi connectivity index (χ1n) is 5.04. The number of thiophene rings is 1. The summed E-state index contributed by atoms with van der Waals surface area (Å²) in [5.41, 5.74) is 0. The lowest BCUT2D eigenvalue weighted by atomic mass is 10.2. The third-order valence-corrected chi connectivity index (χ3v) is 4.66. The minimum Gasteiger partial charge on any atom is -0.315 e. The first-order valence-corrected chi connectivity index (χ1v) is 7.77. The Balaban J connectivity index is 2.56. The van der Waals surface area contributed by atoms with Gasteiger partial charge < -0.3 is 5.32 Å². The summed E-state index contributed by atoms with van der Waals surface area (Å²) < 4.78 is 23.9. The molecule has 0 amide bonds. The first kappa shape index (κ1) is 13.6. The van der Waals surface area contributed by atoms with E-state index in [1.807, 2.05) is 18.5 Å². The molecule has 0 radical (unpaired) electrons. The largest absolute Gasteiger partial charge is 0.315 e. The van der Waals surface area contributed by atoms with Crippen LogP contribution in [0.15, 0.2) is 17.5 Å². The molecule has 0 aromatic carbocycles. The van der Waals surface area contributed by atoms with E-state index in [1.54, 1.807) is 18.4 Å². The molecule has 1 aromatic heterocycles. The second-order valence-electron chi connectivity index (χ2n) is 3.81. The minimum absolute atomic E-state index is 0.151. The summed E-state index contributed by atoms with van der Waals surface area (Å²) in [6, 6.07) is 4.22. The van der Waals surface area contributed by atoms with Gasteiger partial charge in [0.2, 0.25) is 10.0 Å². The van der Waals surface area contributed by atoms with Gasteiger partial charge in [-0.3, -0.25) is 0 Å². The van der Waals surface area contributed by atoms with E-state index in [0.717, 1.165) is 6.42 Å². The molecule has 6 heteroatoms. The van der Waals surface area contributed by atoms with Crippen molar-refractivity contribution in [2.45, 2.75) is 12.5 Å². The van der Waals surface area contributed by atoms with Crippen LogP contribution in [-0.2, 0) is 16.4 Å². The molecule has 1 aromatic rings. The van der Waals surface area contributed by atoms with Crippen molar-refractivity contribution in [1.29, 1.82) is 0 Å². The number of rotatable bonds is 6. The van der Waals surface area contributed by atoms with Crippen molar-refractivity contribution in [2.75, 3.05) is 26.9 Å². The summed E-state index contributed by atoms with van der Waals surface area (Å²) in [4.78, 5) is 1.27.